The molecule has 0 unspecified atom stereocenters. The number of amides is 1. The summed E-state index contributed by atoms with van der Waals surface area (Å²) in [5, 5.41) is 1.20. The number of hydroxylamine groups is 2. The molecule has 0 fully saturated rings. The molecule has 0 atom stereocenters. The van der Waals surface area contributed by atoms with Gasteiger partial charge in [-0.2, -0.15) is 0 Å². The summed E-state index contributed by atoms with van der Waals surface area (Å²) in [6.45, 7) is 5.44. The Hall–Kier alpha value is -1.51. The van der Waals surface area contributed by atoms with Crippen molar-refractivity contribution < 1.29 is 39.6 Å². The van der Waals surface area contributed by atoms with E-state index in [2.05, 4.69) is 6.58 Å². The molecule has 0 aliphatic heterocycles. The molecule has 1 amide bonds. The van der Waals surface area contributed by atoms with E-state index < -0.39 is 0 Å². The SMILES string of the molecule is C=C[CH-]N(OCc1ccccc1)C(=O)c1ccccc1.[Np]. The number of hydrogen-bond donors (Lipinski definition) is 0. The van der Waals surface area contributed by atoms with Crippen LogP contribution in [0, 0.1) is 36.5 Å². The molecular weight excluding hydrogens is 487 g/mol. The minimum atomic E-state index is -0.221. The molecule has 21 heavy (non-hydrogen) atoms. The van der Waals surface area contributed by atoms with Gasteiger partial charge in [-0.25, -0.2) is 12.7 Å². The first kappa shape index (κ1) is 17.5. The van der Waals surface area contributed by atoms with Gasteiger partial charge in [-0.3, -0.25) is 14.7 Å². The summed E-state index contributed by atoms with van der Waals surface area (Å²) in [6, 6.07) is 18.7. The first-order valence-corrected chi connectivity index (χ1v) is 6.32. The van der Waals surface area contributed by atoms with E-state index in [1.165, 1.54) is 17.7 Å². The predicted octanol–water partition coefficient (Wildman–Crippen LogP) is 3.61. The maximum atomic E-state index is 12.3. The molecule has 2 aromatic rings. The fraction of sp³-hybridized carbons (Fsp3) is 0.0588. The molecule has 0 saturated carbocycles. The van der Waals surface area contributed by atoms with Crippen molar-refractivity contribution in [2.45, 2.75) is 6.61 Å². The quantitative estimate of drug-likeness (QED) is 0.446. The maximum Gasteiger partial charge on any atom is 0.265 e. The van der Waals surface area contributed by atoms with E-state index in [-0.39, 0.29) is 35.8 Å². The molecular formula is C17H16NNpO2-. The van der Waals surface area contributed by atoms with Gasteiger partial charge in [0.05, 0.1) is 6.61 Å². The topological polar surface area (TPSA) is 29.5 Å². The molecule has 3 nitrogen and oxygen atoms in total. The Bertz CT molecular complexity index is 558. The molecule has 107 valence electrons. The van der Waals surface area contributed by atoms with E-state index in [0.29, 0.717) is 12.2 Å². The maximum absolute atomic E-state index is 12.3. The summed E-state index contributed by atoms with van der Waals surface area (Å²) in [4.78, 5) is 17.8. The minimum absolute atomic E-state index is 0. The van der Waals surface area contributed by atoms with Crippen LogP contribution in [0.2, 0.25) is 0 Å². The van der Waals surface area contributed by atoms with E-state index >= 15 is 0 Å². The second-order valence-electron chi connectivity index (χ2n) is 4.14. The molecule has 0 spiro atoms. The van der Waals surface area contributed by atoms with Crippen molar-refractivity contribution in [2.24, 2.45) is 0 Å². The molecule has 0 heterocycles. The fourth-order valence-corrected chi connectivity index (χ4v) is 1.69. The summed E-state index contributed by atoms with van der Waals surface area (Å²) in [7, 11) is 0. The molecule has 2 rings (SSSR count). The average Bonchev–Trinajstić information content (AvgIpc) is 2.52. The summed E-state index contributed by atoms with van der Waals surface area (Å²) in [6.07, 6.45) is 1.52. The molecule has 0 aromatic heterocycles. The van der Waals surface area contributed by atoms with Crippen LogP contribution in [0.4, 0.5) is 0 Å². The standard InChI is InChI=1S/C17H16NO2.Np/c1-2-13-18(17(19)16-11-7-4-8-12-16)20-14-15-9-5-3-6-10-15;/h2-13H,1,14H2;/q-1;. The monoisotopic (exact) mass is 502 g/mol. The molecule has 2 aromatic carbocycles. The van der Waals surface area contributed by atoms with Crippen LogP contribution in [0.5, 0.6) is 0 Å². The summed E-state index contributed by atoms with van der Waals surface area (Å²) < 4.78 is 0. The van der Waals surface area contributed by atoms with E-state index in [4.69, 9.17) is 4.84 Å². The third kappa shape index (κ3) is 5.41. The van der Waals surface area contributed by atoms with Crippen LogP contribution in [0.15, 0.2) is 73.3 Å². The van der Waals surface area contributed by atoms with Crippen molar-refractivity contribution in [3.05, 3.63) is 91.0 Å². The van der Waals surface area contributed by atoms with Gasteiger partial charge in [-0.1, -0.05) is 48.5 Å². The largest absolute Gasteiger partial charge is 0.279 e. The van der Waals surface area contributed by atoms with Crippen LogP contribution in [-0.2, 0) is 11.4 Å². The predicted molar refractivity (Wildman–Crippen MR) is 78.3 cm³/mol. The van der Waals surface area contributed by atoms with Gasteiger partial charge in [0.1, 0.15) is 0 Å². The van der Waals surface area contributed by atoms with Crippen LogP contribution in [0.1, 0.15) is 15.9 Å². The Morgan fingerprint density at radius 2 is 1.67 bits per heavy atom. The van der Waals surface area contributed by atoms with Gasteiger partial charge in [-0.05, 0) is 17.7 Å². The number of rotatable bonds is 6. The molecule has 1 radical (unpaired) electrons. The number of benzene rings is 2. The van der Waals surface area contributed by atoms with Crippen molar-refractivity contribution in [1.82, 2.24) is 5.06 Å². The normalized spacial score (nSPS) is 9.33. The molecule has 0 bridgehead atoms. The van der Waals surface area contributed by atoms with Crippen LogP contribution < -0.4 is 0 Å². The summed E-state index contributed by atoms with van der Waals surface area (Å²) in [5.74, 6) is -0.221. The smallest absolute Gasteiger partial charge is 0.265 e. The van der Waals surface area contributed by atoms with Crippen LogP contribution >= 0.6 is 0 Å². The Morgan fingerprint density at radius 3 is 2.24 bits per heavy atom. The Labute approximate surface area is 147 Å². The minimum Gasteiger partial charge on any atom is -0.279 e. The van der Waals surface area contributed by atoms with Crippen molar-refractivity contribution in [1.29, 1.82) is 0 Å². The third-order valence-corrected chi connectivity index (χ3v) is 2.67. The third-order valence-electron chi connectivity index (χ3n) is 2.67. The second-order valence-corrected chi connectivity index (χ2v) is 4.14. The molecule has 0 aliphatic carbocycles. The summed E-state index contributed by atoms with van der Waals surface area (Å²) in [5.41, 5.74) is 1.56. The number of carbonyl (C=O) groups excluding carboxylic acids is 1. The summed E-state index contributed by atoms with van der Waals surface area (Å²) >= 11 is 0. The van der Waals surface area contributed by atoms with Crippen molar-refractivity contribution in [3.63, 3.8) is 0 Å². The zero-order valence-corrected chi connectivity index (χ0v) is 15.3. The van der Waals surface area contributed by atoms with Gasteiger partial charge in [0.25, 0.3) is 5.91 Å². The van der Waals surface area contributed by atoms with Gasteiger partial charge in [0.2, 0.25) is 0 Å². The van der Waals surface area contributed by atoms with Crippen LogP contribution in [0.25, 0.3) is 0 Å². The van der Waals surface area contributed by atoms with Crippen LogP contribution in [-0.4, -0.2) is 11.0 Å². The van der Waals surface area contributed by atoms with Crippen LogP contribution in [0.3, 0.4) is 0 Å². The second kappa shape index (κ2) is 9.43. The number of nitrogens with zero attached hydrogens (tertiary/aromatic N) is 1. The Kier molecular flexibility index (Phi) is 7.88. The molecule has 0 saturated heterocycles. The molecule has 0 N–H and O–H groups in total. The van der Waals surface area contributed by atoms with Gasteiger partial charge in [-0.15, -0.1) is 6.54 Å². The van der Waals surface area contributed by atoms with E-state index in [1.807, 2.05) is 48.5 Å². The first-order valence-electron chi connectivity index (χ1n) is 6.32. The van der Waals surface area contributed by atoms with Gasteiger partial charge >= 0.3 is 0 Å². The fourth-order valence-electron chi connectivity index (χ4n) is 1.69. The zero-order valence-electron chi connectivity index (χ0n) is 11.6. The van der Waals surface area contributed by atoms with E-state index in [1.54, 1.807) is 12.1 Å². The zero-order chi connectivity index (χ0) is 14.2. The Morgan fingerprint density at radius 1 is 1.10 bits per heavy atom. The van der Waals surface area contributed by atoms with Gasteiger partial charge in [0.15, 0.2) is 0 Å². The Balaban J connectivity index is 0.00000220. The average molecular weight is 503 g/mol. The first-order chi connectivity index (χ1) is 9.81. The van der Waals surface area contributed by atoms with Crippen molar-refractivity contribution >= 4 is 5.91 Å². The number of hydrogen-bond acceptors (Lipinski definition) is 2. The molecule has 0 aliphatic rings. The van der Waals surface area contributed by atoms with Gasteiger partial charge in [0, 0.05) is 35.5 Å². The van der Waals surface area contributed by atoms with Crippen molar-refractivity contribution in [2.75, 3.05) is 0 Å². The number of carbonyl (C=O) groups is 1. The van der Waals surface area contributed by atoms with Crippen molar-refractivity contribution in [3.8, 4) is 0 Å². The van der Waals surface area contributed by atoms with E-state index in [9.17, 15) is 4.79 Å². The van der Waals surface area contributed by atoms with E-state index in [0.717, 1.165) is 5.56 Å². The van der Waals surface area contributed by atoms with Gasteiger partial charge < -0.3 is 0 Å². The molecule has 4 heteroatoms.